The molecule has 1 aromatic heterocycles. The highest BCUT2D eigenvalue weighted by molar-refractivity contribution is 5.99. The summed E-state index contributed by atoms with van der Waals surface area (Å²) in [6, 6.07) is 14.9. The lowest BCUT2D eigenvalue weighted by molar-refractivity contribution is -0.135. The maximum Gasteiger partial charge on any atom is 0.255 e. The highest BCUT2D eigenvalue weighted by Gasteiger charge is 2.32. The number of aromatic nitrogens is 1. The molecule has 0 bridgehead atoms. The van der Waals surface area contributed by atoms with Crippen LogP contribution in [0.5, 0.6) is 5.75 Å². The maximum absolute atomic E-state index is 13.4. The van der Waals surface area contributed by atoms with Crippen molar-refractivity contribution in [2.75, 3.05) is 19.7 Å². The second kappa shape index (κ2) is 10.1. The molecule has 2 heterocycles. The van der Waals surface area contributed by atoms with Crippen LogP contribution in [0.15, 0.2) is 54.7 Å². The lowest BCUT2D eigenvalue weighted by Crippen LogP contribution is -2.52. The number of hydrogen-bond donors (Lipinski definition) is 2. The van der Waals surface area contributed by atoms with E-state index >= 15 is 0 Å². The molecule has 4 rings (SSSR count). The van der Waals surface area contributed by atoms with Crippen LogP contribution in [0.4, 0.5) is 0 Å². The van der Waals surface area contributed by atoms with Gasteiger partial charge in [0.05, 0.1) is 12.2 Å². The van der Waals surface area contributed by atoms with Gasteiger partial charge in [-0.15, -0.1) is 0 Å². The minimum absolute atomic E-state index is 0.00961. The van der Waals surface area contributed by atoms with Crippen molar-refractivity contribution in [2.45, 2.75) is 45.6 Å². The quantitative estimate of drug-likeness (QED) is 0.550. The minimum atomic E-state index is -0.572. The largest absolute Gasteiger partial charge is 0.493 e. The van der Waals surface area contributed by atoms with Crippen LogP contribution in [0.1, 0.15) is 55.5 Å². The SMILES string of the molecule is CCOc1ccccc1C(=O)NC(C(=O)N1CCC(c2c[nH]c3ccccc23)CC1)C(C)C. The van der Waals surface area contributed by atoms with Crippen LogP contribution in [-0.2, 0) is 4.79 Å². The molecule has 1 atom stereocenters. The molecule has 174 valence electrons. The molecule has 2 aromatic carbocycles. The number of nitrogens with zero attached hydrogens (tertiary/aromatic N) is 1. The van der Waals surface area contributed by atoms with Crippen molar-refractivity contribution in [2.24, 2.45) is 5.92 Å². The van der Waals surface area contributed by atoms with E-state index in [1.165, 1.54) is 10.9 Å². The Morgan fingerprint density at radius 2 is 1.79 bits per heavy atom. The number of piperidine rings is 1. The third kappa shape index (κ3) is 4.90. The van der Waals surface area contributed by atoms with Crippen molar-refractivity contribution in [3.63, 3.8) is 0 Å². The van der Waals surface area contributed by atoms with E-state index in [0.717, 1.165) is 18.4 Å². The summed E-state index contributed by atoms with van der Waals surface area (Å²) in [5.41, 5.74) is 2.94. The molecule has 6 nitrogen and oxygen atoms in total. The lowest BCUT2D eigenvalue weighted by Gasteiger charge is -2.35. The van der Waals surface area contributed by atoms with Gasteiger partial charge in [0.1, 0.15) is 11.8 Å². The minimum Gasteiger partial charge on any atom is -0.493 e. The van der Waals surface area contributed by atoms with Gasteiger partial charge >= 0.3 is 0 Å². The van der Waals surface area contributed by atoms with E-state index in [1.807, 2.05) is 37.8 Å². The van der Waals surface area contributed by atoms with Crippen LogP contribution in [-0.4, -0.2) is 47.4 Å². The van der Waals surface area contributed by atoms with Crippen LogP contribution in [0.2, 0.25) is 0 Å². The molecule has 1 unspecified atom stereocenters. The Kier molecular flexibility index (Phi) is 7.02. The van der Waals surface area contributed by atoms with Gasteiger partial charge in [-0.1, -0.05) is 44.2 Å². The van der Waals surface area contributed by atoms with Crippen LogP contribution in [0.25, 0.3) is 10.9 Å². The fourth-order valence-corrected chi connectivity index (χ4v) is 4.71. The molecular weight excluding hydrogens is 414 g/mol. The lowest BCUT2D eigenvalue weighted by atomic mass is 9.88. The first-order valence-corrected chi connectivity index (χ1v) is 11.9. The third-order valence-corrected chi connectivity index (χ3v) is 6.52. The van der Waals surface area contributed by atoms with Crippen molar-refractivity contribution in [3.05, 3.63) is 65.9 Å². The summed E-state index contributed by atoms with van der Waals surface area (Å²) in [5, 5.41) is 4.24. The number of rotatable bonds is 7. The highest BCUT2D eigenvalue weighted by atomic mass is 16.5. The second-order valence-electron chi connectivity index (χ2n) is 9.01. The first-order valence-electron chi connectivity index (χ1n) is 11.9. The predicted molar refractivity (Wildman–Crippen MR) is 131 cm³/mol. The number of ether oxygens (including phenoxy) is 1. The monoisotopic (exact) mass is 447 g/mol. The second-order valence-corrected chi connectivity index (χ2v) is 9.01. The summed E-state index contributed by atoms with van der Waals surface area (Å²) in [6.07, 6.45) is 3.94. The van der Waals surface area contributed by atoms with E-state index in [9.17, 15) is 9.59 Å². The zero-order chi connectivity index (χ0) is 23.4. The number of likely N-dealkylation sites (tertiary alicyclic amines) is 1. The molecule has 1 aliphatic rings. The number of aromatic amines is 1. The number of benzene rings is 2. The Hall–Kier alpha value is -3.28. The molecule has 1 aliphatic heterocycles. The maximum atomic E-state index is 13.4. The fraction of sp³-hybridized carbons (Fsp3) is 0.407. The Labute approximate surface area is 195 Å². The number of hydrogen-bond acceptors (Lipinski definition) is 3. The van der Waals surface area contributed by atoms with Crippen molar-refractivity contribution in [3.8, 4) is 5.75 Å². The average molecular weight is 448 g/mol. The van der Waals surface area contributed by atoms with Crippen molar-refractivity contribution in [1.29, 1.82) is 0 Å². The molecule has 1 fully saturated rings. The number of nitrogens with one attached hydrogen (secondary N) is 2. The van der Waals surface area contributed by atoms with E-state index < -0.39 is 6.04 Å². The summed E-state index contributed by atoms with van der Waals surface area (Å²) in [7, 11) is 0. The number of para-hydroxylation sites is 2. The zero-order valence-corrected chi connectivity index (χ0v) is 19.6. The highest BCUT2D eigenvalue weighted by Crippen LogP contribution is 2.33. The Morgan fingerprint density at radius 3 is 2.52 bits per heavy atom. The molecule has 3 aromatic rings. The summed E-state index contributed by atoms with van der Waals surface area (Å²) in [4.78, 5) is 31.7. The van der Waals surface area contributed by atoms with Gasteiger partial charge in [-0.2, -0.15) is 0 Å². The normalized spacial score (nSPS) is 15.6. The molecular formula is C27H33N3O3. The number of amides is 2. The van der Waals surface area contributed by atoms with Gasteiger partial charge in [0.15, 0.2) is 0 Å². The van der Waals surface area contributed by atoms with Crippen molar-refractivity contribution >= 4 is 22.7 Å². The smallest absolute Gasteiger partial charge is 0.255 e. The number of carbonyl (C=O) groups excluding carboxylic acids is 2. The molecule has 0 aliphatic carbocycles. The molecule has 2 N–H and O–H groups in total. The van der Waals surface area contributed by atoms with Gasteiger partial charge in [-0.05, 0) is 55.4 Å². The zero-order valence-electron chi connectivity index (χ0n) is 19.6. The predicted octanol–water partition coefficient (Wildman–Crippen LogP) is 4.73. The average Bonchev–Trinajstić information content (AvgIpc) is 3.27. The third-order valence-electron chi connectivity index (χ3n) is 6.52. The van der Waals surface area contributed by atoms with Gasteiger partial charge in [-0.25, -0.2) is 0 Å². The van der Waals surface area contributed by atoms with Crippen molar-refractivity contribution < 1.29 is 14.3 Å². The molecule has 1 saturated heterocycles. The topological polar surface area (TPSA) is 74.4 Å². The van der Waals surface area contributed by atoms with E-state index in [-0.39, 0.29) is 17.7 Å². The summed E-state index contributed by atoms with van der Waals surface area (Å²) in [5.74, 6) is 0.652. The van der Waals surface area contributed by atoms with Crippen LogP contribution in [0, 0.1) is 5.92 Å². The van der Waals surface area contributed by atoms with Crippen LogP contribution < -0.4 is 10.1 Å². The van der Waals surface area contributed by atoms with Gasteiger partial charge in [0, 0.05) is 30.2 Å². The molecule has 2 amide bonds. The number of H-pyrrole nitrogens is 1. The van der Waals surface area contributed by atoms with E-state index in [1.54, 1.807) is 18.2 Å². The molecule has 0 saturated carbocycles. The standard InChI is InChI=1S/C27H33N3O3/c1-4-33-24-12-8-6-10-21(24)26(31)29-25(18(2)3)27(32)30-15-13-19(14-16-30)22-17-28-23-11-7-5-9-20(22)23/h5-12,17-19,25,28H,4,13-16H2,1-3H3,(H,29,31). The van der Waals surface area contributed by atoms with Crippen LogP contribution in [0.3, 0.4) is 0 Å². The van der Waals surface area contributed by atoms with Crippen molar-refractivity contribution in [1.82, 2.24) is 15.2 Å². The van der Waals surface area contributed by atoms with Gasteiger partial charge in [-0.3, -0.25) is 9.59 Å². The molecule has 6 heteroatoms. The van der Waals surface area contributed by atoms with E-state index in [4.69, 9.17) is 4.74 Å². The first kappa shape index (κ1) is 22.9. The van der Waals surface area contributed by atoms with Gasteiger partial charge in [0.2, 0.25) is 5.91 Å². The number of carbonyl (C=O) groups is 2. The summed E-state index contributed by atoms with van der Waals surface area (Å²) in [6.45, 7) is 7.68. The van der Waals surface area contributed by atoms with Gasteiger partial charge < -0.3 is 19.9 Å². The Bertz CT molecular complexity index is 1110. The van der Waals surface area contributed by atoms with Gasteiger partial charge in [0.25, 0.3) is 5.91 Å². The Morgan fingerprint density at radius 1 is 1.09 bits per heavy atom. The molecule has 0 spiro atoms. The van der Waals surface area contributed by atoms with Crippen LogP contribution >= 0.6 is 0 Å². The summed E-state index contributed by atoms with van der Waals surface area (Å²) >= 11 is 0. The Balaban J connectivity index is 1.42. The van der Waals surface area contributed by atoms with E-state index in [2.05, 4.69) is 34.7 Å². The fourth-order valence-electron chi connectivity index (χ4n) is 4.71. The first-order chi connectivity index (χ1) is 16.0. The molecule has 0 radical (unpaired) electrons. The molecule has 33 heavy (non-hydrogen) atoms. The number of fused-ring (bicyclic) bond motifs is 1. The van der Waals surface area contributed by atoms with E-state index in [0.29, 0.717) is 36.9 Å². The summed E-state index contributed by atoms with van der Waals surface area (Å²) < 4.78 is 5.60.